The molecule has 19 heavy (non-hydrogen) atoms. The summed E-state index contributed by atoms with van der Waals surface area (Å²) in [7, 11) is -4.50. The molecule has 0 rings (SSSR count). The van der Waals surface area contributed by atoms with Crippen molar-refractivity contribution in [3.05, 3.63) is 0 Å². The number of alkyl halides is 3. The van der Waals surface area contributed by atoms with E-state index in [4.69, 9.17) is 4.89 Å². The molecule has 0 aliphatic rings. The maximum atomic E-state index is 12.5. The molecule has 0 aromatic heterocycles. The van der Waals surface area contributed by atoms with E-state index < -0.39 is 31.2 Å². The van der Waals surface area contributed by atoms with Crippen LogP contribution in [0.5, 0.6) is 0 Å². The number of hydrogen-bond acceptors (Lipinski definition) is 5. The first kappa shape index (κ1) is 21.5. The van der Waals surface area contributed by atoms with Gasteiger partial charge in [0, 0.05) is 12.7 Å². The minimum Gasteiger partial charge on any atom is -0.595 e. The van der Waals surface area contributed by atoms with Gasteiger partial charge in [-0.3, -0.25) is 4.57 Å². The average Bonchev–Trinajstić information content (AvgIpc) is 2.09. The summed E-state index contributed by atoms with van der Waals surface area (Å²) < 4.78 is 56.9. The Morgan fingerprint density at radius 1 is 1.37 bits per heavy atom. The van der Waals surface area contributed by atoms with Crippen molar-refractivity contribution < 1.29 is 66.6 Å². The Labute approximate surface area is 130 Å². The van der Waals surface area contributed by atoms with Crippen LogP contribution in [0, 0.1) is 0 Å². The minimum atomic E-state index is -5.20. The predicted molar refractivity (Wildman–Crippen MR) is 55.0 cm³/mol. The van der Waals surface area contributed by atoms with Gasteiger partial charge >= 0.3 is 43.3 Å². The van der Waals surface area contributed by atoms with Crippen LogP contribution in [0.25, 0.3) is 0 Å². The van der Waals surface area contributed by atoms with E-state index in [-0.39, 0.29) is 29.6 Å². The van der Waals surface area contributed by atoms with Crippen molar-refractivity contribution in [2.24, 2.45) is 4.99 Å². The average molecular weight is 315 g/mol. The van der Waals surface area contributed by atoms with E-state index in [1.807, 2.05) is 0 Å². The SMILES string of the molecule is COP(=O)(O)C(N=C([O-])OC(C)(C)C)C(F)(F)F.[Na+]. The van der Waals surface area contributed by atoms with Crippen LogP contribution in [0.1, 0.15) is 20.8 Å². The van der Waals surface area contributed by atoms with Gasteiger partial charge in [-0.25, -0.2) is 4.99 Å². The summed E-state index contributed by atoms with van der Waals surface area (Å²) >= 11 is 0. The Bertz CT molecular complexity index is 368. The summed E-state index contributed by atoms with van der Waals surface area (Å²) in [4.78, 5) is 11.5. The largest absolute Gasteiger partial charge is 1.00 e. The Morgan fingerprint density at radius 3 is 2.05 bits per heavy atom. The third-order valence-corrected chi connectivity index (χ3v) is 3.03. The van der Waals surface area contributed by atoms with Crippen LogP contribution in [-0.4, -0.2) is 35.6 Å². The number of halogens is 3. The van der Waals surface area contributed by atoms with Crippen LogP contribution in [0.3, 0.4) is 0 Å². The minimum absolute atomic E-state index is 0. The maximum absolute atomic E-state index is 12.5. The summed E-state index contributed by atoms with van der Waals surface area (Å²) in [5, 5.41) is 11.1. The fraction of sp³-hybridized carbons (Fsp3) is 0.875. The zero-order valence-electron chi connectivity index (χ0n) is 11.2. The van der Waals surface area contributed by atoms with E-state index in [0.29, 0.717) is 7.11 Å². The molecule has 0 saturated carbocycles. The van der Waals surface area contributed by atoms with Crippen LogP contribution < -0.4 is 34.7 Å². The van der Waals surface area contributed by atoms with Crippen molar-refractivity contribution in [2.75, 3.05) is 7.11 Å². The van der Waals surface area contributed by atoms with E-state index in [9.17, 15) is 22.8 Å². The molecule has 108 valence electrons. The fourth-order valence-corrected chi connectivity index (χ4v) is 1.63. The molecule has 6 nitrogen and oxygen atoms in total. The van der Waals surface area contributed by atoms with Gasteiger partial charge in [-0.1, -0.05) is 20.8 Å². The first-order valence-electron chi connectivity index (χ1n) is 4.68. The second-order valence-electron chi connectivity index (χ2n) is 4.27. The van der Waals surface area contributed by atoms with E-state index in [1.54, 1.807) is 0 Å². The second-order valence-corrected chi connectivity index (χ2v) is 6.25. The molecule has 0 radical (unpaired) electrons. The summed E-state index contributed by atoms with van der Waals surface area (Å²) in [5.41, 5.74) is -1.07. The molecular weight excluding hydrogens is 301 g/mol. The molecule has 0 aliphatic carbocycles. The summed E-state index contributed by atoms with van der Waals surface area (Å²) in [5.74, 6) is -3.16. The number of aliphatic imine (C=N–C) groups is 1. The van der Waals surface area contributed by atoms with Crippen LogP contribution in [-0.2, 0) is 13.8 Å². The van der Waals surface area contributed by atoms with E-state index in [1.165, 1.54) is 20.8 Å². The van der Waals surface area contributed by atoms with Crippen LogP contribution >= 0.6 is 7.60 Å². The van der Waals surface area contributed by atoms with Gasteiger partial charge in [-0.15, -0.1) is 0 Å². The predicted octanol–water partition coefficient (Wildman–Crippen LogP) is -1.76. The molecule has 2 unspecified atom stereocenters. The number of nitrogens with zero attached hydrogens (tertiary/aromatic N) is 1. The molecule has 0 bridgehead atoms. The van der Waals surface area contributed by atoms with Gasteiger partial charge in [0.05, 0.1) is 0 Å². The second kappa shape index (κ2) is 7.28. The van der Waals surface area contributed by atoms with Gasteiger partial charge < -0.3 is 19.3 Å². The maximum Gasteiger partial charge on any atom is 1.00 e. The molecule has 0 saturated heterocycles. The molecule has 0 amide bonds. The number of ether oxygens (including phenoxy) is 1. The van der Waals surface area contributed by atoms with Crippen molar-refractivity contribution in [1.29, 1.82) is 0 Å². The van der Waals surface area contributed by atoms with Gasteiger partial charge in [-0.2, -0.15) is 13.2 Å². The van der Waals surface area contributed by atoms with Gasteiger partial charge in [0.25, 0.3) is 0 Å². The number of hydrogen-bond donors (Lipinski definition) is 1. The van der Waals surface area contributed by atoms with Crippen LogP contribution in [0.15, 0.2) is 4.99 Å². The molecule has 11 heteroatoms. The van der Waals surface area contributed by atoms with E-state index in [0.717, 1.165) is 0 Å². The van der Waals surface area contributed by atoms with Crippen molar-refractivity contribution in [1.82, 2.24) is 0 Å². The first-order chi connectivity index (χ1) is 7.79. The Hall–Kier alpha value is 0.210. The Morgan fingerprint density at radius 2 is 1.79 bits per heavy atom. The van der Waals surface area contributed by atoms with Gasteiger partial charge in [0.1, 0.15) is 6.08 Å². The van der Waals surface area contributed by atoms with Crippen molar-refractivity contribution >= 4 is 13.7 Å². The monoisotopic (exact) mass is 315 g/mol. The smallest absolute Gasteiger partial charge is 0.595 e. The molecule has 1 N–H and O–H groups in total. The molecule has 2 atom stereocenters. The third kappa shape index (κ3) is 8.16. The molecule has 0 aromatic rings. The number of rotatable bonds is 3. The van der Waals surface area contributed by atoms with Crippen LogP contribution in [0.4, 0.5) is 13.2 Å². The zero-order valence-corrected chi connectivity index (χ0v) is 14.1. The molecule has 0 heterocycles. The Balaban J connectivity index is 0. The topological polar surface area (TPSA) is 91.2 Å². The normalized spacial score (nSPS) is 18.2. The standard InChI is InChI=1S/C8H15F3NO5P.Na/c1-7(2,3)17-6(13)12-5(8(9,10)11)18(14,15)16-4;/h5H,1-4H3,(H,12,13)(H,14,15);/q;+1/p-1. The van der Waals surface area contributed by atoms with Gasteiger partial charge in [-0.05, 0) is 0 Å². The Kier molecular flexibility index (Phi) is 8.25. The van der Waals surface area contributed by atoms with Crippen molar-refractivity contribution in [2.45, 2.75) is 38.3 Å². The molecule has 0 aliphatic heterocycles. The molecule has 0 aromatic carbocycles. The van der Waals surface area contributed by atoms with Crippen molar-refractivity contribution in [3.8, 4) is 0 Å². The van der Waals surface area contributed by atoms with E-state index >= 15 is 0 Å². The third-order valence-electron chi connectivity index (χ3n) is 1.48. The van der Waals surface area contributed by atoms with Gasteiger partial charge in [0.2, 0.25) is 5.78 Å². The van der Waals surface area contributed by atoms with Crippen molar-refractivity contribution in [3.63, 3.8) is 0 Å². The van der Waals surface area contributed by atoms with Crippen LogP contribution in [0.2, 0.25) is 0 Å². The van der Waals surface area contributed by atoms with E-state index in [2.05, 4.69) is 14.3 Å². The summed E-state index contributed by atoms with van der Waals surface area (Å²) in [6.45, 7) is 4.24. The fourth-order valence-electron chi connectivity index (χ4n) is 0.819. The summed E-state index contributed by atoms with van der Waals surface area (Å²) in [6, 6.07) is 0. The molecular formula is C8H14F3NNaO5P. The molecule has 0 spiro atoms. The molecule has 0 fully saturated rings. The van der Waals surface area contributed by atoms with Gasteiger partial charge in [0.15, 0.2) is 0 Å². The summed E-state index contributed by atoms with van der Waals surface area (Å²) in [6.07, 6.45) is -6.78. The quantitative estimate of drug-likeness (QED) is 0.288. The zero-order chi connectivity index (χ0) is 14.8. The first-order valence-corrected chi connectivity index (χ1v) is 6.33.